The van der Waals surface area contributed by atoms with Gasteiger partial charge in [0, 0.05) is 24.9 Å². The number of aryl methyl sites for hydroxylation is 1. The summed E-state index contributed by atoms with van der Waals surface area (Å²) in [6.45, 7) is 0.549. The Morgan fingerprint density at radius 2 is 1.94 bits per heavy atom. The molecule has 1 saturated heterocycles. The number of nitrogens with zero attached hydrogens (tertiary/aromatic N) is 1. The van der Waals surface area contributed by atoms with Crippen molar-refractivity contribution in [2.75, 3.05) is 6.54 Å². The molecular weight excluding hydrogens is 406 g/mol. The number of hydrogen-bond acceptors (Lipinski definition) is 4. The van der Waals surface area contributed by atoms with Crippen molar-refractivity contribution in [2.45, 2.75) is 44.6 Å². The van der Waals surface area contributed by atoms with Crippen LogP contribution in [0.2, 0.25) is 0 Å². The Morgan fingerprint density at radius 3 is 2.52 bits per heavy atom. The largest absolute Gasteiger partial charge is 0.356 e. The first-order valence-electron chi connectivity index (χ1n) is 10.3. The number of nitrogens with one attached hydrogen (secondary N) is 3. The zero-order valence-corrected chi connectivity index (χ0v) is 16.9. The lowest BCUT2D eigenvalue weighted by molar-refractivity contribution is -0.124. The fraction of sp³-hybridized carbons (Fsp3) is 0.455. The zero-order chi connectivity index (χ0) is 22.4. The molecule has 1 aromatic carbocycles. The van der Waals surface area contributed by atoms with E-state index in [1.54, 1.807) is 6.08 Å². The van der Waals surface area contributed by atoms with Crippen molar-refractivity contribution >= 4 is 17.7 Å². The van der Waals surface area contributed by atoms with Crippen molar-refractivity contribution in [3.05, 3.63) is 47.2 Å². The minimum Gasteiger partial charge on any atom is -0.356 e. The van der Waals surface area contributed by atoms with E-state index >= 15 is 0 Å². The van der Waals surface area contributed by atoms with E-state index in [1.807, 2.05) is 6.07 Å². The van der Waals surface area contributed by atoms with Crippen LogP contribution in [0.15, 0.2) is 30.0 Å². The summed E-state index contributed by atoms with van der Waals surface area (Å²) in [5, 5.41) is 17.2. The van der Waals surface area contributed by atoms with Gasteiger partial charge in [0.1, 0.15) is 23.4 Å². The predicted molar refractivity (Wildman–Crippen MR) is 107 cm³/mol. The summed E-state index contributed by atoms with van der Waals surface area (Å²) < 4.78 is 26.6. The zero-order valence-electron chi connectivity index (χ0n) is 16.9. The summed E-state index contributed by atoms with van der Waals surface area (Å²) in [6, 6.07) is 4.19. The summed E-state index contributed by atoms with van der Waals surface area (Å²) in [4.78, 5) is 36.8. The van der Waals surface area contributed by atoms with Crippen molar-refractivity contribution in [1.29, 1.82) is 5.26 Å². The van der Waals surface area contributed by atoms with Gasteiger partial charge in [-0.15, -0.1) is 0 Å². The summed E-state index contributed by atoms with van der Waals surface area (Å²) in [5.74, 6) is -2.80. The van der Waals surface area contributed by atoms with Crippen molar-refractivity contribution in [2.24, 2.45) is 11.8 Å². The Labute approximate surface area is 178 Å². The van der Waals surface area contributed by atoms with Gasteiger partial charge >= 0.3 is 0 Å². The van der Waals surface area contributed by atoms with Gasteiger partial charge in [0.05, 0.1) is 6.07 Å². The van der Waals surface area contributed by atoms with Crippen LogP contribution in [-0.2, 0) is 20.8 Å². The number of allylic oxidation sites excluding steroid dienone is 1. The molecule has 3 N–H and O–H groups in total. The lowest BCUT2D eigenvalue weighted by Gasteiger charge is -2.16. The third kappa shape index (κ3) is 6.88. The van der Waals surface area contributed by atoms with E-state index in [2.05, 4.69) is 16.0 Å². The number of carbonyl (C=O) groups excluding carboxylic acids is 3. The van der Waals surface area contributed by atoms with E-state index in [0.717, 1.165) is 31.0 Å². The molecule has 1 aromatic rings. The number of nitriles is 1. The average Bonchev–Trinajstić information content (AvgIpc) is 3.45. The fourth-order valence-electron chi connectivity index (χ4n) is 3.43. The number of benzene rings is 1. The van der Waals surface area contributed by atoms with Crippen LogP contribution < -0.4 is 16.0 Å². The second-order valence-corrected chi connectivity index (χ2v) is 7.91. The van der Waals surface area contributed by atoms with Crippen LogP contribution in [0.1, 0.15) is 37.7 Å². The van der Waals surface area contributed by atoms with Crippen LogP contribution >= 0.6 is 0 Å². The number of rotatable bonds is 9. The first-order valence-corrected chi connectivity index (χ1v) is 10.3. The Hall–Kier alpha value is -3.28. The Bertz CT molecular complexity index is 917. The van der Waals surface area contributed by atoms with Crippen LogP contribution in [-0.4, -0.2) is 30.3 Å². The molecule has 3 amide bonds. The number of amides is 3. The van der Waals surface area contributed by atoms with Crippen LogP contribution in [0.4, 0.5) is 8.78 Å². The van der Waals surface area contributed by atoms with Crippen LogP contribution in [0, 0.1) is 34.8 Å². The van der Waals surface area contributed by atoms with E-state index in [-0.39, 0.29) is 42.7 Å². The molecule has 1 heterocycles. The highest BCUT2D eigenvalue weighted by Gasteiger charge is 2.29. The fourth-order valence-corrected chi connectivity index (χ4v) is 3.43. The van der Waals surface area contributed by atoms with E-state index in [4.69, 9.17) is 0 Å². The number of halogens is 2. The molecule has 0 radical (unpaired) electrons. The van der Waals surface area contributed by atoms with Crippen LogP contribution in [0.5, 0.6) is 0 Å². The smallest absolute Gasteiger partial charge is 0.268 e. The molecule has 0 bridgehead atoms. The SMILES string of the molecule is N#C[C@H](C[C@@H]1CCNC1=O)NC(=O)C(=CC1CC1)NC(=O)CCc1cc(F)cc(F)c1. The summed E-state index contributed by atoms with van der Waals surface area (Å²) >= 11 is 0. The van der Waals surface area contributed by atoms with Gasteiger partial charge in [-0.2, -0.15) is 5.26 Å². The lowest BCUT2D eigenvalue weighted by atomic mass is 9.99. The molecule has 0 spiro atoms. The van der Waals surface area contributed by atoms with E-state index in [9.17, 15) is 28.4 Å². The van der Waals surface area contributed by atoms with Crippen molar-refractivity contribution < 1.29 is 23.2 Å². The molecule has 1 aliphatic carbocycles. The average molecular weight is 430 g/mol. The predicted octanol–water partition coefficient (Wildman–Crippen LogP) is 1.84. The maximum Gasteiger partial charge on any atom is 0.268 e. The highest BCUT2D eigenvalue weighted by Crippen LogP contribution is 2.31. The van der Waals surface area contributed by atoms with Crippen LogP contribution in [0.3, 0.4) is 0 Å². The summed E-state index contributed by atoms with van der Waals surface area (Å²) in [5.41, 5.74) is 0.387. The maximum absolute atomic E-state index is 13.3. The molecule has 1 saturated carbocycles. The van der Waals surface area contributed by atoms with E-state index in [0.29, 0.717) is 18.5 Å². The molecule has 2 atom stereocenters. The monoisotopic (exact) mass is 430 g/mol. The summed E-state index contributed by atoms with van der Waals surface area (Å²) in [6.07, 6.45) is 4.31. The standard InChI is InChI=1S/C22H24F2N4O3/c23-16-7-14(8-17(24)11-16)3-4-20(29)28-19(9-13-1-2-13)22(31)27-18(12-25)10-15-5-6-26-21(15)30/h7-9,11,13,15,18H,1-6,10H2,(H,26,30)(H,27,31)(H,28,29)/t15-,18-/m0/s1. The first-order chi connectivity index (χ1) is 14.8. The highest BCUT2D eigenvalue weighted by atomic mass is 19.1. The van der Waals surface area contributed by atoms with Gasteiger partial charge < -0.3 is 16.0 Å². The highest BCUT2D eigenvalue weighted by molar-refractivity contribution is 5.97. The lowest BCUT2D eigenvalue weighted by Crippen LogP contribution is -2.41. The molecule has 7 nitrogen and oxygen atoms in total. The Balaban J connectivity index is 1.57. The van der Waals surface area contributed by atoms with Gasteiger partial charge in [-0.3, -0.25) is 14.4 Å². The quantitative estimate of drug-likeness (QED) is 0.519. The van der Waals surface area contributed by atoms with Gasteiger partial charge in [0.2, 0.25) is 11.8 Å². The summed E-state index contributed by atoms with van der Waals surface area (Å²) in [7, 11) is 0. The van der Waals surface area contributed by atoms with Crippen LogP contribution in [0.25, 0.3) is 0 Å². The molecule has 0 aromatic heterocycles. The first kappa shape index (κ1) is 22.4. The van der Waals surface area contributed by atoms with Gasteiger partial charge in [-0.05, 0) is 55.7 Å². The van der Waals surface area contributed by atoms with Crippen molar-refractivity contribution in [1.82, 2.24) is 16.0 Å². The second-order valence-electron chi connectivity index (χ2n) is 7.91. The third-order valence-electron chi connectivity index (χ3n) is 5.25. The second kappa shape index (κ2) is 10.2. The van der Waals surface area contributed by atoms with E-state index in [1.165, 1.54) is 0 Å². The van der Waals surface area contributed by atoms with Gasteiger partial charge in [0.15, 0.2) is 0 Å². The molecular formula is C22H24F2N4O3. The molecule has 3 rings (SSSR count). The Morgan fingerprint density at radius 1 is 1.23 bits per heavy atom. The topological polar surface area (TPSA) is 111 Å². The van der Waals surface area contributed by atoms with Gasteiger partial charge in [0.25, 0.3) is 5.91 Å². The van der Waals surface area contributed by atoms with Gasteiger partial charge in [-0.1, -0.05) is 6.08 Å². The van der Waals surface area contributed by atoms with Crippen molar-refractivity contribution in [3.8, 4) is 6.07 Å². The van der Waals surface area contributed by atoms with E-state index < -0.39 is 29.5 Å². The van der Waals surface area contributed by atoms with Gasteiger partial charge in [-0.25, -0.2) is 8.78 Å². The molecule has 164 valence electrons. The molecule has 1 aliphatic heterocycles. The Kier molecular flexibility index (Phi) is 7.34. The third-order valence-corrected chi connectivity index (χ3v) is 5.25. The molecule has 2 aliphatic rings. The maximum atomic E-state index is 13.3. The minimum atomic E-state index is -0.865. The normalized spacial score (nSPS) is 19.3. The molecule has 0 unspecified atom stereocenters. The molecule has 31 heavy (non-hydrogen) atoms. The molecule has 9 heteroatoms. The molecule has 2 fully saturated rings. The van der Waals surface area contributed by atoms with Crippen molar-refractivity contribution in [3.63, 3.8) is 0 Å². The number of hydrogen-bond donors (Lipinski definition) is 3. The number of carbonyl (C=O) groups is 3. The minimum absolute atomic E-state index is 0.0500.